The van der Waals surface area contributed by atoms with Gasteiger partial charge >= 0.3 is 0 Å². The molecule has 0 aliphatic carbocycles. The monoisotopic (exact) mass is 177 g/mol. The highest BCUT2D eigenvalue weighted by atomic mass is 35.5. The van der Waals surface area contributed by atoms with Gasteiger partial charge in [0.25, 0.3) is 0 Å². The second-order valence-corrected chi connectivity index (χ2v) is 2.93. The van der Waals surface area contributed by atoms with Crippen LogP contribution in [0.15, 0.2) is 0 Å². The van der Waals surface area contributed by atoms with Crippen molar-refractivity contribution in [2.75, 3.05) is 25.6 Å². The zero-order chi connectivity index (χ0) is 8.10. The first-order valence-corrected chi connectivity index (χ1v) is 4.27. The predicted molar refractivity (Wildman–Crippen MR) is 42.7 cm³/mol. The Morgan fingerprint density at radius 1 is 1.73 bits per heavy atom. The lowest BCUT2D eigenvalue weighted by Crippen LogP contribution is -2.30. The van der Waals surface area contributed by atoms with E-state index in [9.17, 15) is 4.79 Å². The first-order valence-electron chi connectivity index (χ1n) is 3.73. The number of rotatable bonds is 3. The molecule has 1 saturated heterocycles. The molecule has 1 fully saturated rings. The van der Waals surface area contributed by atoms with Gasteiger partial charge in [-0.25, -0.2) is 0 Å². The van der Waals surface area contributed by atoms with Crippen molar-refractivity contribution < 1.29 is 9.53 Å². The fourth-order valence-electron chi connectivity index (χ4n) is 1.05. The first-order chi connectivity index (χ1) is 5.33. The number of ether oxygens (including phenoxy) is 1. The molecule has 1 N–H and O–H groups in total. The molecule has 0 bridgehead atoms. The average molecular weight is 178 g/mol. The SMILES string of the molecule is O=C(CCl)NC[C@H]1CCOC1. The molecule has 0 spiro atoms. The zero-order valence-corrected chi connectivity index (χ0v) is 7.06. The van der Waals surface area contributed by atoms with E-state index in [-0.39, 0.29) is 11.8 Å². The van der Waals surface area contributed by atoms with Crippen LogP contribution >= 0.6 is 11.6 Å². The minimum atomic E-state index is -0.0985. The molecule has 1 heterocycles. The molecule has 0 aromatic heterocycles. The normalized spacial score (nSPS) is 23.5. The fraction of sp³-hybridized carbons (Fsp3) is 0.857. The molecule has 11 heavy (non-hydrogen) atoms. The maximum Gasteiger partial charge on any atom is 0.234 e. The minimum absolute atomic E-state index is 0.0492. The largest absolute Gasteiger partial charge is 0.381 e. The van der Waals surface area contributed by atoms with Gasteiger partial charge < -0.3 is 10.1 Å². The van der Waals surface area contributed by atoms with E-state index in [1.807, 2.05) is 0 Å². The van der Waals surface area contributed by atoms with Crippen molar-refractivity contribution >= 4 is 17.5 Å². The summed E-state index contributed by atoms with van der Waals surface area (Å²) < 4.78 is 5.14. The van der Waals surface area contributed by atoms with Crippen LogP contribution in [0.5, 0.6) is 0 Å². The van der Waals surface area contributed by atoms with E-state index in [1.54, 1.807) is 0 Å². The molecule has 3 nitrogen and oxygen atoms in total. The van der Waals surface area contributed by atoms with E-state index in [0.717, 1.165) is 19.6 Å². The van der Waals surface area contributed by atoms with Gasteiger partial charge in [0.05, 0.1) is 6.61 Å². The summed E-state index contributed by atoms with van der Waals surface area (Å²) in [6.07, 6.45) is 1.04. The van der Waals surface area contributed by atoms with Crippen molar-refractivity contribution in [1.29, 1.82) is 0 Å². The molecular weight excluding hydrogens is 166 g/mol. The predicted octanol–water partition coefficient (Wildman–Crippen LogP) is 0.378. The Morgan fingerprint density at radius 2 is 2.55 bits per heavy atom. The average Bonchev–Trinajstić information content (AvgIpc) is 2.52. The lowest BCUT2D eigenvalue weighted by atomic mass is 10.1. The number of hydrogen-bond acceptors (Lipinski definition) is 2. The number of alkyl halides is 1. The van der Waals surface area contributed by atoms with Gasteiger partial charge in [-0.2, -0.15) is 0 Å². The molecule has 0 saturated carbocycles. The van der Waals surface area contributed by atoms with E-state index in [4.69, 9.17) is 16.3 Å². The Morgan fingerprint density at radius 3 is 3.09 bits per heavy atom. The van der Waals surface area contributed by atoms with Crippen molar-refractivity contribution in [3.8, 4) is 0 Å². The van der Waals surface area contributed by atoms with Gasteiger partial charge in [0.1, 0.15) is 5.88 Å². The Kier molecular flexibility index (Phi) is 3.66. The van der Waals surface area contributed by atoms with Crippen LogP contribution in [0.1, 0.15) is 6.42 Å². The standard InChI is InChI=1S/C7H12ClNO2/c8-3-7(10)9-4-6-1-2-11-5-6/h6H,1-5H2,(H,9,10)/t6-/m1/s1. The third kappa shape index (κ3) is 3.08. The van der Waals surface area contributed by atoms with E-state index in [0.29, 0.717) is 12.5 Å². The van der Waals surface area contributed by atoms with Gasteiger partial charge in [-0.1, -0.05) is 0 Å². The quantitative estimate of drug-likeness (QED) is 0.633. The van der Waals surface area contributed by atoms with Crippen LogP contribution in [0.4, 0.5) is 0 Å². The van der Waals surface area contributed by atoms with Crippen LogP contribution < -0.4 is 5.32 Å². The molecule has 0 unspecified atom stereocenters. The van der Waals surface area contributed by atoms with Crippen molar-refractivity contribution in [1.82, 2.24) is 5.32 Å². The highest BCUT2D eigenvalue weighted by Gasteiger charge is 2.15. The summed E-state index contributed by atoms with van der Waals surface area (Å²) in [5.74, 6) is 0.439. The fourth-order valence-corrected chi connectivity index (χ4v) is 1.14. The highest BCUT2D eigenvalue weighted by Crippen LogP contribution is 2.10. The minimum Gasteiger partial charge on any atom is -0.381 e. The zero-order valence-electron chi connectivity index (χ0n) is 6.31. The summed E-state index contributed by atoms with van der Waals surface area (Å²) in [4.78, 5) is 10.7. The maximum atomic E-state index is 10.7. The van der Waals surface area contributed by atoms with Gasteiger partial charge in [0.2, 0.25) is 5.91 Å². The van der Waals surface area contributed by atoms with Gasteiger partial charge in [0.15, 0.2) is 0 Å². The lowest BCUT2D eigenvalue weighted by molar-refractivity contribution is -0.118. The van der Waals surface area contributed by atoms with Crippen molar-refractivity contribution in [3.63, 3.8) is 0 Å². The Bertz CT molecular complexity index is 134. The number of carbonyl (C=O) groups excluding carboxylic acids is 1. The number of halogens is 1. The topological polar surface area (TPSA) is 38.3 Å². The second-order valence-electron chi connectivity index (χ2n) is 2.67. The summed E-state index contributed by atoms with van der Waals surface area (Å²) in [5, 5.41) is 2.72. The summed E-state index contributed by atoms with van der Waals surface area (Å²) in [7, 11) is 0. The van der Waals surface area contributed by atoms with Gasteiger partial charge in [-0.05, 0) is 6.42 Å². The van der Waals surface area contributed by atoms with Gasteiger partial charge in [-0.15, -0.1) is 11.6 Å². The molecule has 1 rings (SSSR count). The molecular formula is C7H12ClNO2. The molecule has 4 heteroatoms. The molecule has 1 aliphatic heterocycles. The van der Waals surface area contributed by atoms with Crippen LogP contribution in [0.25, 0.3) is 0 Å². The molecule has 1 atom stereocenters. The van der Waals surface area contributed by atoms with Crippen LogP contribution in [-0.4, -0.2) is 31.5 Å². The van der Waals surface area contributed by atoms with E-state index in [1.165, 1.54) is 0 Å². The lowest BCUT2D eigenvalue weighted by Gasteiger charge is -2.07. The molecule has 64 valence electrons. The second kappa shape index (κ2) is 4.57. The number of carbonyl (C=O) groups is 1. The number of nitrogens with one attached hydrogen (secondary N) is 1. The highest BCUT2D eigenvalue weighted by molar-refractivity contribution is 6.27. The summed E-state index contributed by atoms with van der Waals surface area (Å²) in [6, 6.07) is 0. The Hall–Kier alpha value is -0.280. The van der Waals surface area contributed by atoms with Crippen LogP contribution in [-0.2, 0) is 9.53 Å². The van der Waals surface area contributed by atoms with Crippen molar-refractivity contribution in [2.24, 2.45) is 5.92 Å². The third-order valence-electron chi connectivity index (χ3n) is 1.73. The molecule has 1 amide bonds. The van der Waals surface area contributed by atoms with Crippen molar-refractivity contribution in [2.45, 2.75) is 6.42 Å². The van der Waals surface area contributed by atoms with E-state index < -0.39 is 0 Å². The van der Waals surface area contributed by atoms with E-state index in [2.05, 4.69) is 5.32 Å². The summed E-state index contributed by atoms with van der Waals surface area (Å²) in [6.45, 7) is 2.29. The Balaban J connectivity index is 2.06. The number of amides is 1. The maximum absolute atomic E-state index is 10.7. The summed E-state index contributed by atoms with van der Waals surface area (Å²) in [5.41, 5.74) is 0. The van der Waals surface area contributed by atoms with Gasteiger partial charge in [-0.3, -0.25) is 4.79 Å². The van der Waals surface area contributed by atoms with Gasteiger partial charge in [0, 0.05) is 19.1 Å². The first kappa shape index (κ1) is 8.81. The Labute approximate surface area is 71.1 Å². The number of hydrogen-bond donors (Lipinski definition) is 1. The van der Waals surface area contributed by atoms with Crippen molar-refractivity contribution in [3.05, 3.63) is 0 Å². The van der Waals surface area contributed by atoms with Crippen LogP contribution in [0.2, 0.25) is 0 Å². The van der Waals surface area contributed by atoms with Crippen LogP contribution in [0, 0.1) is 5.92 Å². The van der Waals surface area contributed by atoms with E-state index >= 15 is 0 Å². The molecule has 0 aromatic rings. The summed E-state index contributed by atoms with van der Waals surface area (Å²) >= 11 is 5.29. The molecule has 0 radical (unpaired) electrons. The van der Waals surface area contributed by atoms with Crippen LogP contribution in [0.3, 0.4) is 0 Å². The molecule has 0 aromatic carbocycles. The molecule has 1 aliphatic rings. The smallest absolute Gasteiger partial charge is 0.234 e. The third-order valence-corrected chi connectivity index (χ3v) is 1.98.